The molecule has 10 nitrogen and oxygen atoms in total. The van der Waals surface area contributed by atoms with Crippen molar-refractivity contribution in [2.45, 2.75) is 69.4 Å². The van der Waals surface area contributed by atoms with Crippen LogP contribution in [0.15, 0.2) is 69.7 Å². The number of likely N-dealkylation sites (N-methyl/N-ethyl adjacent to an activating group) is 1. The van der Waals surface area contributed by atoms with E-state index in [1.807, 2.05) is 11.0 Å². The summed E-state index contributed by atoms with van der Waals surface area (Å²) in [4.78, 5) is 34.6. The van der Waals surface area contributed by atoms with Crippen molar-refractivity contribution >= 4 is 21.8 Å². The number of hydrogen-bond acceptors (Lipinski definition) is 8. The maximum atomic E-state index is 14.9. The SMILES string of the molecule is COC1=CCC2=C3C(C4CCCCC4)=C4C=CC(C(=O)NS(=O)(=O)CC(F)(F)F)=CC4N3C[C@]3(C(=O)N4C[C@H]5CN(C)C[C@@H](C4)O5)CC3C2=C1. The molecule has 2 bridgehead atoms. The molecular formula is C36H43F3N4O6S. The second-order valence-corrected chi connectivity index (χ2v) is 16.9. The van der Waals surface area contributed by atoms with E-state index >= 15 is 0 Å². The Bertz CT molecular complexity index is 1790. The van der Waals surface area contributed by atoms with E-state index in [0.717, 1.165) is 73.4 Å². The zero-order chi connectivity index (χ0) is 35.2. The Balaban J connectivity index is 1.20. The fraction of sp³-hybridized carbons (Fsp3) is 0.611. The number of halogens is 3. The van der Waals surface area contributed by atoms with Gasteiger partial charge in [-0.25, -0.2) is 13.1 Å². The third-order valence-corrected chi connectivity index (χ3v) is 12.9. The minimum atomic E-state index is -4.99. The predicted molar refractivity (Wildman–Crippen MR) is 177 cm³/mol. The average Bonchev–Trinajstić information content (AvgIpc) is 3.72. The van der Waals surface area contributed by atoms with Crippen LogP contribution in [0.2, 0.25) is 0 Å². The molecule has 2 unspecified atom stereocenters. The van der Waals surface area contributed by atoms with Crippen LogP contribution < -0.4 is 4.72 Å². The lowest BCUT2D eigenvalue weighted by molar-refractivity contribution is -0.164. The predicted octanol–water partition coefficient (Wildman–Crippen LogP) is 3.73. The summed E-state index contributed by atoms with van der Waals surface area (Å²) in [5, 5.41) is 0. The minimum absolute atomic E-state index is 0.0261. The number of nitrogens with one attached hydrogen (secondary N) is 1. The summed E-state index contributed by atoms with van der Waals surface area (Å²) >= 11 is 0. The number of sulfonamides is 1. The average molecular weight is 717 g/mol. The van der Waals surface area contributed by atoms with Crippen LogP contribution >= 0.6 is 0 Å². The largest absolute Gasteiger partial charge is 0.497 e. The topological polar surface area (TPSA) is 108 Å². The molecule has 0 aromatic heterocycles. The monoisotopic (exact) mass is 716 g/mol. The van der Waals surface area contributed by atoms with E-state index in [1.165, 1.54) is 11.6 Å². The second-order valence-electron chi connectivity index (χ2n) is 15.2. The van der Waals surface area contributed by atoms with Gasteiger partial charge in [0.25, 0.3) is 5.91 Å². The first kappa shape index (κ1) is 33.8. The van der Waals surface area contributed by atoms with E-state index in [2.05, 4.69) is 29.0 Å². The van der Waals surface area contributed by atoms with Crippen molar-refractivity contribution in [3.05, 3.63) is 69.7 Å². The fourth-order valence-electron chi connectivity index (χ4n) is 9.65. The highest BCUT2D eigenvalue weighted by Crippen LogP contribution is 2.65. The van der Waals surface area contributed by atoms with Crippen LogP contribution in [0, 0.1) is 17.3 Å². The molecule has 4 aliphatic heterocycles. The van der Waals surface area contributed by atoms with Crippen molar-refractivity contribution < 1.29 is 40.7 Å². The standard InChI is InChI=1S/C36H43F3N4O6S/c1-41-15-24-17-42(18-25(16-41)49-24)34(45)35-14-29(35)28-13-23(48-2)9-11-26(28)32-31(21-6-4-3-5-7-21)27-10-8-22(12-30(27)43(32)19-35)33(44)40-50(46,47)20-36(37,38)39/h8-10,12-13,21,24-25,29-30H,3-7,11,14-20H2,1-2H3,(H,40,44)/t24-,25+,29?,30?,35-/m1/s1. The zero-order valence-corrected chi connectivity index (χ0v) is 29.1. The molecule has 0 aromatic carbocycles. The molecule has 4 aliphatic carbocycles. The first-order valence-corrected chi connectivity index (χ1v) is 19.3. The molecule has 0 radical (unpaired) electrons. The summed E-state index contributed by atoms with van der Waals surface area (Å²) < 4.78 is 77.0. The van der Waals surface area contributed by atoms with E-state index in [4.69, 9.17) is 9.47 Å². The normalized spacial score (nSPS) is 32.6. The van der Waals surface area contributed by atoms with Crippen molar-refractivity contribution in [1.29, 1.82) is 0 Å². The number of methoxy groups -OCH3 is 1. The molecule has 5 atom stereocenters. The van der Waals surface area contributed by atoms with Gasteiger partial charge in [0.15, 0.2) is 5.75 Å². The third kappa shape index (κ3) is 5.94. The van der Waals surface area contributed by atoms with Gasteiger partial charge in [0.05, 0.1) is 30.8 Å². The van der Waals surface area contributed by atoms with Crippen molar-refractivity contribution in [1.82, 2.24) is 19.4 Å². The lowest BCUT2D eigenvalue weighted by Gasteiger charge is -2.46. The van der Waals surface area contributed by atoms with Gasteiger partial charge in [-0.1, -0.05) is 25.3 Å². The summed E-state index contributed by atoms with van der Waals surface area (Å²) in [6.07, 6.45) is 10.7. The molecule has 0 spiro atoms. The maximum absolute atomic E-state index is 14.9. The van der Waals surface area contributed by atoms with Crippen molar-refractivity contribution in [3.8, 4) is 0 Å². The molecular weight excluding hydrogens is 673 g/mol. The number of rotatable bonds is 6. The number of carbonyl (C=O) groups excluding carboxylic acids is 2. The molecule has 270 valence electrons. The Labute approximate surface area is 290 Å². The van der Waals surface area contributed by atoms with Crippen LogP contribution in [-0.2, 0) is 29.1 Å². The van der Waals surface area contributed by atoms with E-state index < -0.39 is 39.3 Å². The fourth-order valence-corrected chi connectivity index (χ4v) is 10.5. The van der Waals surface area contributed by atoms with Crippen LogP contribution in [0.1, 0.15) is 44.9 Å². The number of alkyl halides is 3. The lowest BCUT2D eigenvalue weighted by Crippen LogP contribution is -2.61. The van der Waals surface area contributed by atoms with Crippen LogP contribution in [0.4, 0.5) is 13.2 Å². The first-order chi connectivity index (χ1) is 23.7. The number of ether oxygens (including phenoxy) is 2. The van der Waals surface area contributed by atoms with Gasteiger partial charge in [0, 0.05) is 49.9 Å². The van der Waals surface area contributed by atoms with Crippen molar-refractivity contribution in [2.75, 3.05) is 52.6 Å². The number of nitrogens with zero attached hydrogens (tertiary/aromatic N) is 3. The molecule has 0 aromatic rings. The highest BCUT2D eigenvalue weighted by Gasteiger charge is 2.66. The summed E-state index contributed by atoms with van der Waals surface area (Å²) in [6.45, 7) is 2.95. The van der Waals surface area contributed by atoms with Gasteiger partial charge in [-0.15, -0.1) is 0 Å². The van der Waals surface area contributed by atoms with Crippen LogP contribution in [0.25, 0.3) is 0 Å². The molecule has 8 aliphatic rings. The molecule has 8 rings (SSSR count). The van der Waals surface area contributed by atoms with Gasteiger partial charge in [0.1, 0.15) is 5.76 Å². The highest BCUT2D eigenvalue weighted by molar-refractivity contribution is 7.90. The smallest absolute Gasteiger partial charge is 0.404 e. The third-order valence-electron chi connectivity index (χ3n) is 11.7. The van der Waals surface area contributed by atoms with Crippen LogP contribution in [0.3, 0.4) is 0 Å². The molecule has 14 heteroatoms. The Morgan fingerprint density at radius 1 is 1.08 bits per heavy atom. The van der Waals surface area contributed by atoms with Gasteiger partial charge >= 0.3 is 6.18 Å². The molecule has 1 N–H and O–H groups in total. The number of morpholine rings is 2. The quantitative estimate of drug-likeness (QED) is 0.444. The summed E-state index contributed by atoms with van der Waals surface area (Å²) in [7, 11) is -1.24. The van der Waals surface area contributed by atoms with Gasteiger partial charge in [0.2, 0.25) is 15.9 Å². The molecule has 2 saturated carbocycles. The molecule has 4 fully saturated rings. The Morgan fingerprint density at radius 2 is 1.80 bits per heavy atom. The van der Waals surface area contributed by atoms with Gasteiger partial charge < -0.3 is 24.2 Å². The molecule has 2 amide bonds. The minimum Gasteiger partial charge on any atom is -0.497 e. The number of fused-ring (bicyclic) bond motifs is 8. The van der Waals surface area contributed by atoms with E-state index in [0.29, 0.717) is 32.5 Å². The number of allylic oxidation sites excluding steroid dienone is 5. The summed E-state index contributed by atoms with van der Waals surface area (Å²) in [6, 6.07) is -0.485. The van der Waals surface area contributed by atoms with Crippen LogP contribution in [-0.4, -0.2) is 112 Å². The van der Waals surface area contributed by atoms with E-state index in [1.54, 1.807) is 17.9 Å². The van der Waals surface area contributed by atoms with E-state index in [9.17, 15) is 31.2 Å². The molecule has 50 heavy (non-hydrogen) atoms. The Kier molecular flexibility index (Phi) is 8.18. The lowest BCUT2D eigenvalue weighted by atomic mass is 9.78. The van der Waals surface area contributed by atoms with Gasteiger partial charge in [-0.05, 0) is 85.2 Å². The zero-order valence-electron chi connectivity index (χ0n) is 28.3. The van der Waals surface area contributed by atoms with Crippen molar-refractivity contribution in [3.63, 3.8) is 0 Å². The Morgan fingerprint density at radius 3 is 2.48 bits per heavy atom. The number of amides is 2. The molecule has 4 heterocycles. The maximum Gasteiger partial charge on any atom is 0.404 e. The second kappa shape index (κ2) is 12.1. The number of hydrogen-bond donors (Lipinski definition) is 1. The van der Waals surface area contributed by atoms with E-state index in [-0.39, 0.29) is 35.5 Å². The summed E-state index contributed by atoms with van der Waals surface area (Å²) in [5.74, 6) is -2.16. The van der Waals surface area contributed by atoms with Crippen molar-refractivity contribution in [2.24, 2.45) is 17.3 Å². The Hall–Kier alpha value is -3.36. The van der Waals surface area contributed by atoms with Crippen LogP contribution in [0.5, 0.6) is 0 Å². The summed E-state index contributed by atoms with van der Waals surface area (Å²) in [5.41, 5.74) is 4.78. The van der Waals surface area contributed by atoms with Gasteiger partial charge in [-0.2, -0.15) is 13.2 Å². The van der Waals surface area contributed by atoms with Gasteiger partial charge in [-0.3, -0.25) is 9.59 Å². The first-order valence-electron chi connectivity index (χ1n) is 17.6. The molecule has 2 saturated heterocycles. The highest BCUT2D eigenvalue weighted by atomic mass is 32.2. The number of carbonyl (C=O) groups is 2.